The Kier molecular flexibility index (Phi) is 4.15. The van der Waals surface area contributed by atoms with Crippen molar-refractivity contribution in [3.8, 4) is 5.75 Å². The van der Waals surface area contributed by atoms with Gasteiger partial charge in [-0.05, 0) is 54.3 Å². The Labute approximate surface area is 111 Å². The van der Waals surface area contributed by atoms with Crippen molar-refractivity contribution in [3.63, 3.8) is 0 Å². The van der Waals surface area contributed by atoms with E-state index in [0.29, 0.717) is 12.2 Å². The van der Waals surface area contributed by atoms with Gasteiger partial charge in [-0.1, -0.05) is 17.7 Å². The molecule has 0 aliphatic heterocycles. The lowest BCUT2D eigenvalue weighted by Gasteiger charge is -2.07. The van der Waals surface area contributed by atoms with Crippen LogP contribution in [0.1, 0.15) is 23.1 Å². The summed E-state index contributed by atoms with van der Waals surface area (Å²) in [5.74, 6) is 0.490. The number of carbonyl (C=O) groups excluding carboxylic acids is 1. The maximum absolute atomic E-state index is 11.7. The Morgan fingerprint density at radius 3 is 2.78 bits per heavy atom. The molecule has 0 bridgehead atoms. The van der Waals surface area contributed by atoms with Crippen LogP contribution in [0.2, 0.25) is 0 Å². The van der Waals surface area contributed by atoms with Crippen LogP contribution < -0.4 is 4.74 Å². The molecule has 94 valence electrons. The van der Waals surface area contributed by atoms with Gasteiger partial charge in [0.05, 0.1) is 6.42 Å². The third-order valence-electron chi connectivity index (χ3n) is 2.75. The molecule has 0 amide bonds. The molecule has 0 fully saturated rings. The summed E-state index contributed by atoms with van der Waals surface area (Å²) >= 11 is 1.65. The lowest BCUT2D eigenvalue weighted by molar-refractivity contribution is -0.134. The Balaban J connectivity index is 1.91. The Morgan fingerprint density at radius 2 is 2.11 bits per heavy atom. The molecule has 1 heterocycles. The van der Waals surface area contributed by atoms with Crippen LogP contribution in [0.4, 0.5) is 0 Å². The molecule has 0 saturated heterocycles. The second kappa shape index (κ2) is 5.83. The number of ether oxygens (including phenoxy) is 1. The van der Waals surface area contributed by atoms with Crippen molar-refractivity contribution in [1.29, 1.82) is 0 Å². The van der Waals surface area contributed by atoms with Crippen molar-refractivity contribution >= 4 is 17.3 Å². The average molecular weight is 260 g/mol. The van der Waals surface area contributed by atoms with Gasteiger partial charge < -0.3 is 4.74 Å². The SMILES string of the molecule is Cc1ccc(OC(=O)CCc2ccsc2)c(C)c1. The highest BCUT2D eigenvalue weighted by molar-refractivity contribution is 7.07. The molecule has 18 heavy (non-hydrogen) atoms. The standard InChI is InChI=1S/C15H16O2S/c1-11-3-5-14(12(2)9-11)17-15(16)6-4-13-7-8-18-10-13/h3,5,7-10H,4,6H2,1-2H3. The van der Waals surface area contributed by atoms with E-state index in [1.54, 1.807) is 11.3 Å². The van der Waals surface area contributed by atoms with E-state index < -0.39 is 0 Å². The molecule has 0 spiro atoms. The minimum absolute atomic E-state index is 0.173. The van der Waals surface area contributed by atoms with Gasteiger partial charge in [-0.25, -0.2) is 0 Å². The van der Waals surface area contributed by atoms with Gasteiger partial charge in [0.15, 0.2) is 0 Å². The highest BCUT2D eigenvalue weighted by Crippen LogP contribution is 2.19. The first-order valence-electron chi connectivity index (χ1n) is 5.94. The van der Waals surface area contributed by atoms with Crippen LogP contribution in [0, 0.1) is 13.8 Å². The maximum atomic E-state index is 11.7. The predicted octanol–water partition coefficient (Wildman–Crippen LogP) is 3.90. The zero-order valence-electron chi connectivity index (χ0n) is 10.6. The van der Waals surface area contributed by atoms with Gasteiger partial charge in [-0.3, -0.25) is 4.79 Å². The molecule has 2 aromatic rings. The first-order chi connectivity index (χ1) is 8.65. The molecule has 0 aliphatic rings. The monoisotopic (exact) mass is 260 g/mol. The molecule has 0 aliphatic carbocycles. The summed E-state index contributed by atoms with van der Waals surface area (Å²) in [6.45, 7) is 3.98. The number of hydrogen-bond donors (Lipinski definition) is 0. The van der Waals surface area contributed by atoms with E-state index in [-0.39, 0.29) is 5.97 Å². The minimum atomic E-state index is -0.173. The molecular weight excluding hydrogens is 244 g/mol. The molecule has 2 rings (SSSR count). The Hall–Kier alpha value is -1.61. The maximum Gasteiger partial charge on any atom is 0.311 e. The molecule has 0 atom stereocenters. The number of hydrogen-bond acceptors (Lipinski definition) is 3. The average Bonchev–Trinajstić information content (AvgIpc) is 2.83. The van der Waals surface area contributed by atoms with Gasteiger partial charge >= 0.3 is 5.97 Å². The van der Waals surface area contributed by atoms with Gasteiger partial charge in [-0.2, -0.15) is 11.3 Å². The molecule has 0 radical (unpaired) electrons. The van der Waals surface area contributed by atoms with E-state index >= 15 is 0 Å². The van der Waals surface area contributed by atoms with Gasteiger partial charge in [0.1, 0.15) is 5.75 Å². The van der Waals surface area contributed by atoms with Gasteiger partial charge in [0, 0.05) is 0 Å². The van der Waals surface area contributed by atoms with Crippen molar-refractivity contribution in [1.82, 2.24) is 0 Å². The lowest BCUT2D eigenvalue weighted by atomic mass is 10.1. The predicted molar refractivity (Wildman–Crippen MR) is 74.2 cm³/mol. The molecule has 1 aromatic carbocycles. The van der Waals surface area contributed by atoms with E-state index in [9.17, 15) is 4.79 Å². The van der Waals surface area contributed by atoms with E-state index in [4.69, 9.17) is 4.74 Å². The molecular formula is C15H16O2S. The van der Waals surface area contributed by atoms with Crippen molar-refractivity contribution in [2.45, 2.75) is 26.7 Å². The van der Waals surface area contributed by atoms with E-state index in [2.05, 4.69) is 5.38 Å². The Bertz CT molecular complexity index is 529. The second-order valence-electron chi connectivity index (χ2n) is 4.37. The van der Waals surface area contributed by atoms with E-state index in [1.165, 1.54) is 11.1 Å². The lowest BCUT2D eigenvalue weighted by Crippen LogP contribution is -2.09. The normalized spacial score (nSPS) is 10.3. The zero-order chi connectivity index (χ0) is 13.0. The third kappa shape index (κ3) is 3.44. The van der Waals surface area contributed by atoms with Crippen molar-refractivity contribution in [3.05, 3.63) is 51.7 Å². The molecule has 0 unspecified atom stereocenters. The van der Waals surface area contributed by atoms with Crippen LogP contribution in [-0.4, -0.2) is 5.97 Å². The number of thiophene rings is 1. The first-order valence-corrected chi connectivity index (χ1v) is 6.88. The molecule has 1 aromatic heterocycles. The fourth-order valence-electron chi connectivity index (χ4n) is 1.77. The van der Waals surface area contributed by atoms with E-state index in [1.807, 2.05) is 43.5 Å². The number of benzene rings is 1. The third-order valence-corrected chi connectivity index (χ3v) is 3.48. The summed E-state index contributed by atoms with van der Waals surface area (Å²) in [7, 11) is 0. The van der Waals surface area contributed by atoms with Crippen LogP contribution in [0.15, 0.2) is 35.0 Å². The molecule has 0 N–H and O–H groups in total. The summed E-state index contributed by atoms with van der Waals surface area (Å²) in [6, 6.07) is 7.86. The number of esters is 1. The smallest absolute Gasteiger partial charge is 0.311 e. The minimum Gasteiger partial charge on any atom is -0.426 e. The number of aryl methyl sites for hydroxylation is 3. The molecule has 3 heteroatoms. The first kappa shape index (κ1) is 12.8. The molecule has 0 saturated carbocycles. The summed E-state index contributed by atoms with van der Waals surface area (Å²) in [5.41, 5.74) is 3.36. The van der Waals surface area contributed by atoms with Crippen LogP contribution in [-0.2, 0) is 11.2 Å². The number of rotatable bonds is 4. The van der Waals surface area contributed by atoms with Gasteiger partial charge in [0.25, 0.3) is 0 Å². The summed E-state index contributed by atoms with van der Waals surface area (Å²) in [6.07, 6.45) is 1.16. The van der Waals surface area contributed by atoms with Crippen LogP contribution in [0.3, 0.4) is 0 Å². The van der Waals surface area contributed by atoms with Crippen LogP contribution in [0.25, 0.3) is 0 Å². The van der Waals surface area contributed by atoms with E-state index in [0.717, 1.165) is 12.0 Å². The fourth-order valence-corrected chi connectivity index (χ4v) is 2.47. The van der Waals surface area contributed by atoms with Crippen molar-refractivity contribution in [2.24, 2.45) is 0 Å². The van der Waals surface area contributed by atoms with Gasteiger partial charge in [-0.15, -0.1) is 0 Å². The van der Waals surface area contributed by atoms with Crippen LogP contribution in [0.5, 0.6) is 5.75 Å². The fraction of sp³-hybridized carbons (Fsp3) is 0.267. The number of carbonyl (C=O) groups is 1. The summed E-state index contributed by atoms with van der Waals surface area (Å²) in [4.78, 5) is 11.7. The van der Waals surface area contributed by atoms with Gasteiger partial charge in [0.2, 0.25) is 0 Å². The topological polar surface area (TPSA) is 26.3 Å². The quantitative estimate of drug-likeness (QED) is 0.615. The highest BCUT2D eigenvalue weighted by atomic mass is 32.1. The Morgan fingerprint density at radius 1 is 1.28 bits per heavy atom. The van der Waals surface area contributed by atoms with Crippen LogP contribution >= 0.6 is 11.3 Å². The molecule has 2 nitrogen and oxygen atoms in total. The van der Waals surface area contributed by atoms with Crippen molar-refractivity contribution in [2.75, 3.05) is 0 Å². The second-order valence-corrected chi connectivity index (χ2v) is 5.15. The summed E-state index contributed by atoms with van der Waals surface area (Å²) < 4.78 is 5.36. The zero-order valence-corrected chi connectivity index (χ0v) is 11.4. The highest BCUT2D eigenvalue weighted by Gasteiger charge is 2.07. The summed E-state index contributed by atoms with van der Waals surface area (Å²) in [5, 5.41) is 4.08. The van der Waals surface area contributed by atoms with Crippen molar-refractivity contribution < 1.29 is 9.53 Å². The largest absolute Gasteiger partial charge is 0.426 e.